The van der Waals surface area contributed by atoms with Crippen LogP contribution in [0, 0.1) is 6.92 Å². The summed E-state index contributed by atoms with van der Waals surface area (Å²) in [6.45, 7) is 10.3. The summed E-state index contributed by atoms with van der Waals surface area (Å²) in [7, 11) is 1.76. The second-order valence-electron chi connectivity index (χ2n) is 8.96. The van der Waals surface area contributed by atoms with Gasteiger partial charge in [-0.25, -0.2) is 9.50 Å². The number of hydrogen-bond acceptors (Lipinski definition) is 5. The van der Waals surface area contributed by atoms with Crippen molar-refractivity contribution >= 4 is 5.65 Å². The van der Waals surface area contributed by atoms with Gasteiger partial charge in [0.1, 0.15) is 6.33 Å². The molecule has 32 heavy (non-hydrogen) atoms. The number of pyridine rings is 1. The normalized spacial score (nSPS) is 14.4. The fraction of sp³-hybridized carbons (Fsp3) is 0.400. The first-order valence-corrected chi connectivity index (χ1v) is 11.3. The van der Waals surface area contributed by atoms with Crippen LogP contribution in [-0.4, -0.2) is 56.5 Å². The molecule has 1 N–H and O–H groups in total. The molecule has 0 amide bonds. The number of aromatic amines is 1. The van der Waals surface area contributed by atoms with Crippen LogP contribution < -0.4 is 0 Å². The van der Waals surface area contributed by atoms with Gasteiger partial charge in [-0.2, -0.15) is 10.2 Å². The van der Waals surface area contributed by atoms with E-state index in [-0.39, 0.29) is 0 Å². The number of hydrogen-bond donors (Lipinski definition) is 1. The van der Waals surface area contributed by atoms with Crippen molar-refractivity contribution in [1.82, 2.24) is 29.7 Å². The molecule has 0 spiro atoms. The van der Waals surface area contributed by atoms with Crippen molar-refractivity contribution in [3.63, 3.8) is 0 Å². The molecular weight excluding hydrogens is 400 g/mol. The van der Waals surface area contributed by atoms with Gasteiger partial charge in [-0.15, -0.1) is 0 Å². The van der Waals surface area contributed by atoms with Crippen molar-refractivity contribution in [3.8, 4) is 22.5 Å². The molecule has 0 radical (unpaired) electrons. The highest BCUT2D eigenvalue weighted by Gasteiger charge is 2.22. The second-order valence-corrected chi connectivity index (χ2v) is 8.96. The highest BCUT2D eigenvalue weighted by Crippen LogP contribution is 2.37. The molecule has 4 heterocycles. The van der Waals surface area contributed by atoms with Crippen molar-refractivity contribution < 1.29 is 4.74 Å². The fourth-order valence-electron chi connectivity index (χ4n) is 4.75. The standard InChI is InChI=1S/C25H30N6O/c1-16(2)22-23(19-5-6-20-13-30(9-10-32-4)8-7-18(20)12-19)28-29-24(22)21-11-17(3)25-26-15-27-31(25)14-21/h5-6,11-12,14-16H,7-10,13H2,1-4H3,(H,28,29). The smallest absolute Gasteiger partial charge is 0.158 e. The summed E-state index contributed by atoms with van der Waals surface area (Å²) in [5, 5.41) is 12.5. The summed E-state index contributed by atoms with van der Waals surface area (Å²) in [5.41, 5.74) is 10.4. The van der Waals surface area contributed by atoms with Crippen LogP contribution in [0.3, 0.4) is 0 Å². The number of H-pyrrole nitrogens is 1. The lowest BCUT2D eigenvalue weighted by atomic mass is 9.91. The summed E-state index contributed by atoms with van der Waals surface area (Å²) >= 11 is 0. The third-order valence-electron chi connectivity index (χ3n) is 6.41. The summed E-state index contributed by atoms with van der Waals surface area (Å²) in [6, 6.07) is 9.00. The second kappa shape index (κ2) is 8.48. The van der Waals surface area contributed by atoms with Crippen LogP contribution >= 0.6 is 0 Å². The Morgan fingerprint density at radius 2 is 2.03 bits per heavy atom. The van der Waals surface area contributed by atoms with Crippen molar-refractivity contribution in [2.45, 2.75) is 39.7 Å². The predicted octanol–water partition coefficient (Wildman–Crippen LogP) is 4.22. The average Bonchev–Trinajstić information content (AvgIpc) is 3.44. The van der Waals surface area contributed by atoms with Gasteiger partial charge in [0.05, 0.1) is 18.0 Å². The molecule has 1 aliphatic heterocycles. The van der Waals surface area contributed by atoms with E-state index in [0.717, 1.165) is 60.8 Å². The number of nitrogens with zero attached hydrogens (tertiary/aromatic N) is 5. The highest BCUT2D eigenvalue weighted by molar-refractivity contribution is 5.76. The Labute approximate surface area is 188 Å². The maximum atomic E-state index is 5.25. The molecule has 166 valence electrons. The first-order valence-electron chi connectivity index (χ1n) is 11.3. The number of aromatic nitrogens is 5. The predicted molar refractivity (Wildman–Crippen MR) is 126 cm³/mol. The van der Waals surface area contributed by atoms with Gasteiger partial charge in [0.25, 0.3) is 0 Å². The van der Waals surface area contributed by atoms with E-state index in [4.69, 9.17) is 9.84 Å². The number of benzene rings is 1. The largest absolute Gasteiger partial charge is 0.383 e. The molecule has 0 aliphatic carbocycles. The SMILES string of the molecule is COCCN1CCc2cc(-c3[nH]nc(-c4cc(C)c5ncnn5c4)c3C(C)C)ccc2C1. The molecule has 1 aromatic carbocycles. The van der Waals surface area contributed by atoms with Gasteiger partial charge in [-0.3, -0.25) is 10.00 Å². The monoisotopic (exact) mass is 430 g/mol. The van der Waals surface area contributed by atoms with Gasteiger partial charge in [0.2, 0.25) is 0 Å². The van der Waals surface area contributed by atoms with Gasteiger partial charge < -0.3 is 4.74 Å². The van der Waals surface area contributed by atoms with Crippen molar-refractivity contribution in [2.24, 2.45) is 0 Å². The average molecular weight is 431 g/mol. The van der Waals surface area contributed by atoms with E-state index < -0.39 is 0 Å². The minimum absolute atomic E-state index is 0.325. The van der Waals surface area contributed by atoms with Crippen molar-refractivity contribution in [1.29, 1.82) is 0 Å². The first-order chi connectivity index (χ1) is 15.5. The number of aryl methyl sites for hydroxylation is 1. The molecule has 0 saturated heterocycles. The lowest BCUT2D eigenvalue weighted by Crippen LogP contribution is -2.33. The molecule has 0 unspecified atom stereocenters. The van der Waals surface area contributed by atoms with E-state index in [9.17, 15) is 0 Å². The Balaban J connectivity index is 1.52. The lowest BCUT2D eigenvalue weighted by Gasteiger charge is -2.28. The molecule has 5 rings (SSSR count). The number of fused-ring (bicyclic) bond motifs is 2. The van der Waals surface area contributed by atoms with Gasteiger partial charge in [0, 0.05) is 49.6 Å². The molecule has 0 saturated carbocycles. The number of rotatable bonds is 6. The van der Waals surface area contributed by atoms with Crippen molar-refractivity contribution in [3.05, 3.63) is 59.0 Å². The quantitative estimate of drug-likeness (QED) is 0.496. The van der Waals surface area contributed by atoms with Crippen LogP contribution in [0.1, 0.15) is 42.0 Å². The number of methoxy groups -OCH3 is 1. The fourth-order valence-corrected chi connectivity index (χ4v) is 4.75. The summed E-state index contributed by atoms with van der Waals surface area (Å²) < 4.78 is 7.08. The lowest BCUT2D eigenvalue weighted by molar-refractivity contribution is 0.141. The zero-order valence-corrected chi connectivity index (χ0v) is 19.2. The number of nitrogens with one attached hydrogen (secondary N) is 1. The van der Waals surface area contributed by atoms with E-state index in [1.165, 1.54) is 22.3 Å². The third-order valence-corrected chi connectivity index (χ3v) is 6.41. The Kier molecular flexibility index (Phi) is 5.53. The maximum absolute atomic E-state index is 5.25. The van der Waals surface area contributed by atoms with Gasteiger partial charge in [-0.05, 0) is 48.1 Å². The summed E-state index contributed by atoms with van der Waals surface area (Å²) in [6.07, 6.45) is 4.67. The van der Waals surface area contributed by atoms with Crippen LogP contribution in [0.2, 0.25) is 0 Å². The van der Waals surface area contributed by atoms with Crippen LogP contribution in [0.15, 0.2) is 36.8 Å². The van der Waals surface area contributed by atoms with Crippen molar-refractivity contribution in [2.75, 3.05) is 26.8 Å². The van der Waals surface area contributed by atoms with E-state index in [2.05, 4.69) is 65.1 Å². The topological polar surface area (TPSA) is 71.3 Å². The molecule has 7 nitrogen and oxygen atoms in total. The molecular formula is C25H30N6O. The molecule has 3 aromatic heterocycles. The maximum Gasteiger partial charge on any atom is 0.158 e. The Morgan fingerprint density at radius 1 is 1.16 bits per heavy atom. The molecule has 0 bridgehead atoms. The zero-order valence-electron chi connectivity index (χ0n) is 19.2. The molecule has 0 atom stereocenters. The molecule has 7 heteroatoms. The van der Waals surface area contributed by atoms with Crippen LogP contribution in [0.5, 0.6) is 0 Å². The minimum atomic E-state index is 0.325. The third kappa shape index (κ3) is 3.72. The van der Waals surface area contributed by atoms with Crippen LogP contribution in [0.4, 0.5) is 0 Å². The summed E-state index contributed by atoms with van der Waals surface area (Å²) in [5.74, 6) is 0.325. The van der Waals surface area contributed by atoms with E-state index in [1.54, 1.807) is 13.4 Å². The molecule has 0 fully saturated rings. The zero-order chi connectivity index (χ0) is 22.2. The Bertz CT molecular complexity index is 1250. The van der Waals surface area contributed by atoms with Crippen LogP contribution in [-0.2, 0) is 17.7 Å². The number of ether oxygens (including phenoxy) is 1. The molecule has 1 aliphatic rings. The first kappa shape index (κ1) is 20.8. The Hall–Kier alpha value is -3.03. The summed E-state index contributed by atoms with van der Waals surface area (Å²) in [4.78, 5) is 6.80. The van der Waals surface area contributed by atoms with Crippen LogP contribution in [0.25, 0.3) is 28.2 Å². The van der Waals surface area contributed by atoms with Gasteiger partial charge in [0.15, 0.2) is 5.65 Å². The highest BCUT2D eigenvalue weighted by atomic mass is 16.5. The van der Waals surface area contributed by atoms with Gasteiger partial charge in [-0.1, -0.05) is 26.0 Å². The van der Waals surface area contributed by atoms with E-state index >= 15 is 0 Å². The molecule has 4 aromatic rings. The Morgan fingerprint density at radius 3 is 2.84 bits per heavy atom. The van der Waals surface area contributed by atoms with Gasteiger partial charge >= 0.3 is 0 Å². The van der Waals surface area contributed by atoms with E-state index in [0.29, 0.717) is 5.92 Å². The van der Waals surface area contributed by atoms with E-state index in [1.807, 2.05) is 10.7 Å². The minimum Gasteiger partial charge on any atom is -0.383 e.